The highest BCUT2D eigenvalue weighted by molar-refractivity contribution is 5.70. The van der Waals surface area contributed by atoms with Gasteiger partial charge in [-0.2, -0.15) is 0 Å². The predicted octanol–water partition coefficient (Wildman–Crippen LogP) is 1.50. The van der Waals surface area contributed by atoms with Crippen LogP contribution in [0.25, 0.3) is 11.1 Å². The van der Waals surface area contributed by atoms with Crippen LogP contribution in [0.2, 0.25) is 0 Å². The molecule has 1 aromatic carbocycles. The third-order valence-electron chi connectivity index (χ3n) is 2.17. The van der Waals surface area contributed by atoms with Crippen LogP contribution in [-0.2, 0) is 0 Å². The van der Waals surface area contributed by atoms with E-state index >= 15 is 0 Å². The fourth-order valence-electron chi connectivity index (χ4n) is 1.45. The van der Waals surface area contributed by atoms with Crippen molar-refractivity contribution >= 4 is 6.09 Å². The Kier molecular flexibility index (Phi) is 2.91. The minimum absolute atomic E-state index is 0.168. The van der Waals surface area contributed by atoms with E-state index in [-0.39, 0.29) is 5.56 Å². The molecule has 1 heterocycles. The van der Waals surface area contributed by atoms with Crippen molar-refractivity contribution in [2.24, 2.45) is 5.73 Å². The van der Waals surface area contributed by atoms with E-state index in [0.717, 1.165) is 11.1 Å². The van der Waals surface area contributed by atoms with Crippen molar-refractivity contribution in [1.82, 2.24) is 4.98 Å². The van der Waals surface area contributed by atoms with Crippen molar-refractivity contribution < 1.29 is 9.53 Å². The summed E-state index contributed by atoms with van der Waals surface area (Å²) in [6, 6.07) is 9.97. The number of H-pyrrole nitrogens is 1. The summed E-state index contributed by atoms with van der Waals surface area (Å²) in [6.45, 7) is 0. The Balaban J connectivity index is 2.35. The van der Waals surface area contributed by atoms with Crippen LogP contribution in [0.4, 0.5) is 4.79 Å². The molecule has 0 unspecified atom stereocenters. The largest absolute Gasteiger partial charge is 0.410 e. The lowest BCUT2D eigenvalue weighted by molar-refractivity contribution is 0.211. The van der Waals surface area contributed by atoms with E-state index in [1.54, 1.807) is 30.5 Å². The van der Waals surface area contributed by atoms with Crippen molar-refractivity contribution in [3.8, 4) is 16.9 Å². The third-order valence-corrected chi connectivity index (χ3v) is 2.17. The molecule has 0 saturated carbocycles. The Labute approximate surface area is 96.8 Å². The number of rotatable bonds is 2. The fraction of sp³-hybridized carbons (Fsp3) is 0. The summed E-state index contributed by atoms with van der Waals surface area (Å²) < 4.78 is 4.77. The first kappa shape index (κ1) is 10.9. The molecule has 0 aliphatic carbocycles. The summed E-state index contributed by atoms with van der Waals surface area (Å²) in [5.74, 6) is 0.362. The van der Waals surface area contributed by atoms with Crippen LogP contribution in [0.3, 0.4) is 0 Å². The molecule has 0 aliphatic heterocycles. The van der Waals surface area contributed by atoms with Crippen LogP contribution in [0.5, 0.6) is 5.75 Å². The van der Waals surface area contributed by atoms with Gasteiger partial charge in [0.1, 0.15) is 5.75 Å². The number of pyridine rings is 1. The Morgan fingerprint density at radius 1 is 1.18 bits per heavy atom. The normalized spacial score (nSPS) is 9.88. The highest BCUT2D eigenvalue weighted by Crippen LogP contribution is 2.22. The summed E-state index contributed by atoms with van der Waals surface area (Å²) in [4.78, 5) is 24.1. The number of benzene rings is 1. The van der Waals surface area contributed by atoms with Crippen molar-refractivity contribution in [2.45, 2.75) is 0 Å². The van der Waals surface area contributed by atoms with Crippen LogP contribution < -0.4 is 16.0 Å². The van der Waals surface area contributed by atoms with Gasteiger partial charge in [0.15, 0.2) is 0 Å². The van der Waals surface area contributed by atoms with Gasteiger partial charge in [-0.05, 0) is 29.3 Å². The van der Waals surface area contributed by atoms with Gasteiger partial charge in [-0.1, -0.05) is 12.1 Å². The topological polar surface area (TPSA) is 85.2 Å². The van der Waals surface area contributed by atoms with E-state index in [1.807, 2.05) is 6.07 Å². The van der Waals surface area contributed by atoms with Gasteiger partial charge in [0.05, 0.1) is 0 Å². The molecular weight excluding hydrogens is 220 g/mol. The maximum Gasteiger partial charge on any atom is 0.409 e. The second-order valence-corrected chi connectivity index (χ2v) is 3.39. The zero-order valence-electron chi connectivity index (χ0n) is 8.84. The molecule has 1 aromatic heterocycles. The molecule has 0 fully saturated rings. The summed E-state index contributed by atoms with van der Waals surface area (Å²) in [5, 5.41) is 0. The molecule has 5 nitrogen and oxygen atoms in total. The molecule has 0 spiro atoms. The zero-order chi connectivity index (χ0) is 12.3. The molecule has 2 rings (SSSR count). The molecule has 0 bridgehead atoms. The summed E-state index contributed by atoms with van der Waals surface area (Å²) in [7, 11) is 0. The number of aromatic amines is 1. The van der Waals surface area contributed by atoms with Crippen LogP contribution in [0.15, 0.2) is 47.4 Å². The molecule has 3 N–H and O–H groups in total. The summed E-state index contributed by atoms with van der Waals surface area (Å²) in [5.41, 5.74) is 6.39. The number of carbonyl (C=O) groups is 1. The molecule has 5 heteroatoms. The van der Waals surface area contributed by atoms with Gasteiger partial charge < -0.3 is 15.5 Å². The summed E-state index contributed by atoms with van der Waals surface area (Å²) in [6.07, 6.45) is 0.731. The minimum atomic E-state index is -0.858. The molecule has 0 atom stereocenters. The lowest BCUT2D eigenvalue weighted by Gasteiger charge is -2.04. The minimum Gasteiger partial charge on any atom is -0.410 e. The molecule has 86 valence electrons. The monoisotopic (exact) mass is 230 g/mol. The summed E-state index contributed by atoms with van der Waals surface area (Å²) >= 11 is 0. The van der Waals surface area contributed by atoms with E-state index < -0.39 is 6.09 Å². The number of amides is 1. The van der Waals surface area contributed by atoms with Crippen LogP contribution >= 0.6 is 0 Å². The van der Waals surface area contributed by atoms with Crippen LogP contribution in [0.1, 0.15) is 0 Å². The number of aromatic nitrogens is 1. The van der Waals surface area contributed by atoms with Gasteiger partial charge in [0.2, 0.25) is 5.56 Å². The van der Waals surface area contributed by atoms with Crippen molar-refractivity contribution in [3.63, 3.8) is 0 Å². The SMILES string of the molecule is NC(=O)Oc1cccc(-c2ccc(=O)[nH]c2)c1. The average molecular weight is 230 g/mol. The molecule has 2 aromatic rings. The average Bonchev–Trinajstić information content (AvgIpc) is 2.29. The number of hydrogen-bond donors (Lipinski definition) is 2. The highest BCUT2D eigenvalue weighted by Gasteiger charge is 2.02. The number of nitrogens with one attached hydrogen (secondary N) is 1. The Morgan fingerprint density at radius 3 is 2.65 bits per heavy atom. The molecule has 0 radical (unpaired) electrons. The highest BCUT2D eigenvalue weighted by atomic mass is 16.5. The number of hydrogen-bond acceptors (Lipinski definition) is 3. The van der Waals surface area contributed by atoms with E-state index in [1.165, 1.54) is 6.07 Å². The Hall–Kier alpha value is -2.56. The van der Waals surface area contributed by atoms with Gasteiger partial charge >= 0.3 is 6.09 Å². The zero-order valence-corrected chi connectivity index (χ0v) is 8.84. The molecular formula is C12H10N2O3. The van der Waals surface area contributed by atoms with Crippen LogP contribution in [0, 0.1) is 0 Å². The Bertz CT molecular complexity index is 584. The maximum atomic E-state index is 10.9. The van der Waals surface area contributed by atoms with Gasteiger partial charge in [-0.25, -0.2) is 4.79 Å². The van der Waals surface area contributed by atoms with Gasteiger partial charge in [-0.15, -0.1) is 0 Å². The fourth-order valence-corrected chi connectivity index (χ4v) is 1.45. The smallest absolute Gasteiger partial charge is 0.409 e. The first-order valence-corrected chi connectivity index (χ1v) is 4.91. The number of ether oxygens (including phenoxy) is 1. The van der Waals surface area contributed by atoms with Gasteiger partial charge in [0, 0.05) is 12.3 Å². The van der Waals surface area contributed by atoms with E-state index in [9.17, 15) is 9.59 Å². The molecule has 1 amide bonds. The van der Waals surface area contributed by atoms with Gasteiger partial charge in [0.25, 0.3) is 0 Å². The number of nitrogens with two attached hydrogens (primary N) is 1. The predicted molar refractivity (Wildman–Crippen MR) is 62.7 cm³/mol. The lowest BCUT2D eigenvalue weighted by Crippen LogP contribution is -2.16. The number of carbonyl (C=O) groups excluding carboxylic acids is 1. The van der Waals surface area contributed by atoms with E-state index in [2.05, 4.69) is 4.98 Å². The standard InChI is InChI=1S/C12H10N2O3/c13-12(16)17-10-3-1-2-8(6-10)9-4-5-11(15)14-7-9/h1-7H,(H2,13,16)(H,14,15). The number of primary amides is 1. The second-order valence-electron chi connectivity index (χ2n) is 3.39. The van der Waals surface area contributed by atoms with Crippen molar-refractivity contribution in [1.29, 1.82) is 0 Å². The first-order valence-electron chi connectivity index (χ1n) is 4.91. The van der Waals surface area contributed by atoms with E-state index in [0.29, 0.717) is 5.75 Å². The maximum absolute atomic E-state index is 10.9. The molecule has 0 saturated heterocycles. The van der Waals surface area contributed by atoms with E-state index in [4.69, 9.17) is 10.5 Å². The third kappa shape index (κ3) is 2.72. The molecule has 17 heavy (non-hydrogen) atoms. The Morgan fingerprint density at radius 2 is 2.00 bits per heavy atom. The van der Waals surface area contributed by atoms with Crippen molar-refractivity contribution in [2.75, 3.05) is 0 Å². The quantitative estimate of drug-likeness (QED) is 0.819. The van der Waals surface area contributed by atoms with Crippen molar-refractivity contribution in [3.05, 3.63) is 52.9 Å². The van der Waals surface area contributed by atoms with Crippen LogP contribution in [-0.4, -0.2) is 11.1 Å². The molecule has 0 aliphatic rings. The second kappa shape index (κ2) is 4.52. The first-order chi connectivity index (χ1) is 8.15. The lowest BCUT2D eigenvalue weighted by atomic mass is 10.1. The van der Waals surface area contributed by atoms with Gasteiger partial charge in [-0.3, -0.25) is 4.79 Å².